The molecule has 1 saturated heterocycles. The molecular weight excluding hydrogens is 268 g/mol. The van der Waals surface area contributed by atoms with E-state index in [9.17, 15) is 14.4 Å². The van der Waals surface area contributed by atoms with E-state index in [1.807, 2.05) is 31.2 Å². The molecule has 3 rings (SSSR count). The predicted octanol–water partition coefficient (Wildman–Crippen LogP) is 0.944. The normalized spacial score (nSPS) is 21.3. The topological polar surface area (TPSA) is 66.5 Å². The van der Waals surface area contributed by atoms with Crippen molar-refractivity contribution in [2.75, 3.05) is 0 Å². The van der Waals surface area contributed by atoms with E-state index in [-0.39, 0.29) is 36.6 Å². The fraction of sp³-hybridized carbons (Fsp3) is 0.438. The van der Waals surface area contributed by atoms with E-state index in [4.69, 9.17) is 0 Å². The molecule has 0 unspecified atom stereocenters. The minimum absolute atomic E-state index is 0.0730. The maximum Gasteiger partial charge on any atom is 0.249 e. The second kappa shape index (κ2) is 5.31. The Labute approximate surface area is 123 Å². The number of imide groups is 1. The summed E-state index contributed by atoms with van der Waals surface area (Å²) >= 11 is 0. The molecule has 1 aliphatic heterocycles. The van der Waals surface area contributed by atoms with Gasteiger partial charge in [-0.15, -0.1) is 0 Å². The van der Waals surface area contributed by atoms with Crippen LogP contribution in [-0.2, 0) is 20.8 Å². The van der Waals surface area contributed by atoms with Gasteiger partial charge in [0, 0.05) is 6.04 Å². The van der Waals surface area contributed by atoms with Crippen molar-refractivity contribution >= 4 is 17.7 Å². The fourth-order valence-corrected chi connectivity index (χ4v) is 2.72. The summed E-state index contributed by atoms with van der Waals surface area (Å²) in [4.78, 5) is 37.4. The second-order valence-corrected chi connectivity index (χ2v) is 5.83. The van der Waals surface area contributed by atoms with Gasteiger partial charge in [-0.1, -0.05) is 29.8 Å². The number of nitrogens with one attached hydrogen (secondary N) is 1. The molecule has 1 atom stereocenters. The van der Waals surface area contributed by atoms with Crippen molar-refractivity contribution in [1.82, 2.24) is 10.2 Å². The molecule has 0 bridgehead atoms. The van der Waals surface area contributed by atoms with Crippen LogP contribution in [0.5, 0.6) is 0 Å². The van der Waals surface area contributed by atoms with Gasteiger partial charge in [0.2, 0.25) is 17.7 Å². The molecule has 5 nitrogen and oxygen atoms in total. The van der Waals surface area contributed by atoms with E-state index in [1.54, 1.807) is 4.90 Å². The molecule has 0 aromatic heterocycles. The van der Waals surface area contributed by atoms with Gasteiger partial charge < -0.3 is 4.90 Å². The molecule has 21 heavy (non-hydrogen) atoms. The van der Waals surface area contributed by atoms with Gasteiger partial charge in [0.1, 0.15) is 6.04 Å². The van der Waals surface area contributed by atoms with Crippen molar-refractivity contribution in [1.29, 1.82) is 0 Å². The second-order valence-electron chi connectivity index (χ2n) is 5.83. The number of carbonyl (C=O) groups excluding carboxylic acids is 3. The van der Waals surface area contributed by atoms with Crippen LogP contribution in [0.15, 0.2) is 24.3 Å². The van der Waals surface area contributed by atoms with Gasteiger partial charge in [-0.25, -0.2) is 0 Å². The average Bonchev–Trinajstić information content (AvgIpc) is 3.19. The van der Waals surface area contributed by atoms with Crippen LogP contribution in [-0.4, -0.2) is 34.7 Å². The first kappa shape index (κ1) is 13.8. The number of hydrogen-bond donors (Lipinski definition) is 1. The molecule has 1 aromatic rings. The number of benzene rings is 1. The van der Waals surface area contributed by atoms with Crippen LogP contribution in [0.2, 0.25) is 0 Å². The zero-order chi connectivity index (χ0) is 15.0. The summed E-state index contributed by atoms with van der Waals surface area (Å²) in [6, 6.07) is 7.29. The molecule has 1 aromatic carbocycles. The highest BCUT2D eigenvalue weighted by Crippen LogP contribution is 2.31. The molecule has 110 valence electrons. The standard InChI is InChI=1S/C16H18N2O3/c1-10-2-4-11(5-3-10)8-15(20)18(12-6-7-12)13-9-14(19)17-16(13)21/h2-5,12-13H,6-9H2,1H3,(H,17,19,21)/t13-/m1/s1. The summed E-state index contributed by atoms with van der Waals surface area (Å²) in [5.41, 5.74) is 2.08. The number of nitrogens with zero attached hydrogens (tertiary/aromatic N) is 1. The Bertz CT molecular complexity index is 590. The molecule has 5 heteroatoms. The lowest BCUT2D eigenvalue weighted by Crippen LogP contribution is -2.46. The zero-order valence-electron chi connectivity index (χ0n) is 12.0. The van der Waals surface area contributed by atoms with E-state index >= 15 is 0 Å². The van der Waals surface area contributed by atoms with Crippen molar-refractivity contribution in [3.05, 3.63) is 35.4 Å². The van der Waals surface area contributed by atoms with Gasteiger partial charge in [-0.3, -0.25) is 19.7 Å². The summed E-state index contributed by atoms with van der Waals surface area (Å²) in [5.74, 6) is -0.709. The lowest BCUT2D eigenvalue weighted by Gasteiger charge is -2.26. The quantitative estimate of drug-likeness (QED) is 0.838. The van der Waals surface area contributed by atoms with E-state index in [1.165, 1.54) is 0 Å². The third-order valence-corrected chi connectivity index (χ3v) is 3.98. The smallest absolute Gasteiger partial charge is 0.249 e. The largest absolute Gasteiger partial charge is 0.327 e. The van der Waals surface area contributed by atoms with E-state index in [0.29, 0.717) is 0 Å². The Hall–Kier alpha value is -2.17. The van der Waals surface area contributed by atoms with E-state index in [0.717, 1.165) is 24.0 Å². The number of hydrogen-bond acceptors (Lipinski definition) is 3. The summed E-state index contributed by atoms with van der Waals surface area (Å²) in [5, 5.41) is 2.28. The highest BCUT2D eigenvalue weighted by Gasteiger charge is 2.44. The molecule has 2 aliphatic rings. The summed E-state index contributed by atoms with van der Waals surface area (Å²) < 4.78 is 0. The first-order valence-corrected chi connectivity index (χ1v) is 7.25. The number of rotatable bonds is 4. The number of carbonyl (C=O) groups is 3. The Morgan fingerprint density at radius 3 is 2.43 bits per heavy atom. The SMILES string of the molecule is Cc1ccc(CC(=O)N(C2CC2)[C@@H]2CC(=O)NC2=O)cc1. The van der Waals surface area contributed by atoms with Crippen molar-refractivity contribution in [3.8, 4) is 0 Å². The first-order valence-electron chi connectivity index (χ1n) is 7.25. The Morgan fingerprint density at radius 2 is 1.90 bits per heavy atom. The minimum atomic E-state index is -0.622. The molecule has 0 radical (unpaired) electrons. The highest BCUT2D eigenvalue weighted by atomic mass is 16.2. The number of amides is 3. The average molecular weight is 286 g/mol. The van der Waals surface area contributed by atoms with Crippen molar-refractivity contribution in [2.45, 2.75) is 44.7 Å². The fourth-order valence-electron chi connectivity index (χ4n) is 2.72. The van der Waals surface area contributed by atoms with Gasteiger partial charge in [-0.2, -0.15) is 0 Å². The molecule has 2 fully saturated rings. The third kappa shape index (κ3) is 2.96. The molecule has 1 aliphatic carbocycles. The van der Waals surface area contributed by atoms with Gasteiger partial charge in [-0.05, 0) is 25.3 Å². The maximum absolute atomic E-state index is 12.6. The molecule has 1 N–H and O–H groups in total. The van der Waals surface area contributed by atoms with Gasteiger partial charge >= 0.3 is 0 Å². The van der Waals surface area contributed by atoms with Gasteiger partial charge in [0.05, 0.1) is 12.8 Å². The maximum atomic E-state index is 12.6. The van der Waals surface area contributed by atoms with Gasteiger partial charge in [0.15, 0.2) is 0 Å². The molecular formula is C16H18N2O3. The monoisotopic (exact) mass is 286 g/mol. The van der Waals surface area contributed by atoms with Crippen LogP contribution in [0.25, 0.3) is 0 Å². The van der Waals surface area contributed by atoms with E-state index in [2.05, 4.69) is 5.32 Å². The van der Waals surface area contributed by atoms with Crippen LogP contribution < -0.4 is 5.32 Å². The zero-order valence-corrected chi connectivity index (χ0v) is 12.0. The van der Waals surface area contributed by atoms with Crippen molar-refractivity contribution in [2.24, 2.45) is 0 Å². The Morgan fingerprint density at radius 1 is 1.24 bits per heavy atom. The van der Waals surface area contributed by atoms with Crippen LogP contribution in [0.4, 0.5) is 0 Å². The summed E-state index contributed by atoms with van der Waals surface area (Å²) in [7, 11) is 0. The Balaban J connectivity index is 1.75. The first-order chi connectivity index (χ1) is 10.0. The summed E-state index contributed by atoms with van der Waals surface area (Å²) in [6.45, 7) is 2.00. The highest BCUT2D eigenvalue weighted by molar-refractivity contribution is 6.07. The van der Waals surface area contributed by atoms with Crippen LogP contribution in [0.1, 0.15) is 30.4 Å². The van der Waals surface area contributed by atoms with Gasteiger partial charge in [0.25, 0.3) is 0 Å². The predicted molar refractivity (Wildman–Crippen MR) is 76.3 cm³/mol. The van der Waals surface area contributed by atoms with Crippen LogP contribution in [0.3, 0.4) is 0 Å². The third-order valence-electron chi connectivity index (χ3n) is 3.98. The van der Waals surface area contributed by atoms with Crippen molar-refractivity contribution in [3.63, 3.8) is 0 Å². The molecule has 0 spiro atoms. The minimum Gasteiger partial charge on any atom is -0.327 e. The number of aryl methyl sites for hydroxylation is 1. The molecule has 1 saturated carbocycles. The van der Waals surface area contributed by atoms with E-state index < -0.39 is 6.04 Å². The molecule has 3 amide bonds. The van der Waals surface area contributed by atoms with Crippen LogP contribution >= 0.6 is 0 Å². The lowest BCUT2D eigenvalue weighted by atomic mass is 10.1. The summed E-state index contributed by atoms with van der Waals surface area (Å²) in [6.07, 6.45) is 2.19. The van der Waals surface area contributed by atoms with Crippen LogP contribution in [0, 0.1) is 6.92 Å². The molecule has 1 heterocycles. The Kier molecular flexibility index (Phi) is 3.49. The van der Waals surface area contributed by atoms with Crippen molar-refractivity contribution < 1.29 is 14.4 Å². The lowest BCUT2D eigenvalue weighted by molar-refractivity contribution is -0.139.